The molecule has 2 unspecified atom stereocenters. The second-order valence-electron chi connectivity index (χ2n) is 5.38. The highest BCUT2D eigenvalue weighted by molar-refractivity contribution is 7.89. The maximum atomic E-state index is 12.6. The Bertz CT molecular complexity index is 546. The second-order valence-corrected chi connectivity index (χ2v) is 7.23. The molecule has 0 aromatic carbocycles. The van der Waals surface area contributed by atoms with Gasteiger partial charge in [-0.1, -0.05) is 6.92 Å². The normalized spacial score (nSPS) is 25.3. The van der Waals surface area contributed by atoms with Crippen LogP contribution in [0.2, 0.25) is 0 Å². The number of likely N-dealkylation sites (N-methyl/N-ethyl adjacent to an activating group) is 1. The van der Waals surface area contributed by atoms with Crippen molar-refractivity contribution in [2.24, 2.45) is 13.0 Å². The van der Waals surface area contributed by atoms with E-state index < -0.39 is 10.0 Å². The predicted molar refractivity (Wildman–Crippen MR) is 73.0 cm³/mol. The lowest BCUT2D eigenvalue weighted by atomic mass is 10.1. The second kappa shape index (κ2) is 4.77. The lowest BCUT2D eigenvalue weighted by molar-refractivity contribution is 0.263. The first-order valence-corrected chi connectivity index (χ1v) is 7.62. The van der Waals surface area contributed by atoms with Gasteiger partial charge in [0.05, 0.1) is 6.33 Å². The van der Waals surface area contributed by atoms with Gasteiger partial charge in [-0.15, -0.1) is 0 Å². The molecule has 1 aliphatic heterocycles. The molecule has 1 aromatic rings. The van der Waals surface area contributed by atoms with E-state index in [2.05, 4.69) is 16.8 Å². The van der Waals surface area contributed by atoms with Crippen molar-refractivity contribution < 1.29 is 8.42 Å². The molecule has 1 aliphatic rings. The summed E-state index contributed by atoms with van der Waals surface area (Å²) in [7, 11) is 2.00. The summed E-state index contributed by atoms with van der Waals surface area (Å²) in [5.74, 6) is 0.350. The van der Waals surface area contributed by atoms with Gasteiger partial charge in [-0.25, -0.2) is 13.4 Å². The minimum atomic E-state index is -3.57. The van der Waals surface area contributed by atoms with Crippen LogP contribution >= 0.6 is 0 Å². The monoisotopic (exact) mass is 287 g/mol. The molecule has 2 N–H and O–H groups in total. The first-order chi connectivity index (χ1) is 8.75. The number of nitrogen functional groups attached to an aromatic ring is 1. The first-order valence-electron chi connectivity index (χ1n) is 6.18. The maximum absolute atomic E-state index is 12.6. The average molecular weight is 287 g/mol. The number of aromatic nitrogens is 2. The summed E-state index contributed by atoms with van der Waals surface area (Å²) >= 11 is 0. The zero-order valence-electron chi connectivity index (χ0n) is 11.7. The standard InChI is InChI=1S/C11H21N5O2S/c1-8-5-16(6-9(8)14(2)3)19(17,18)11-10(12)13-7-15(11)4/h7-9H,5-6,12H2,1-4H3. The van der Waals surface area contributed by atoms with E-state index in [-0.39, 0.29) is 16.9 Å². The lowest BCUT2D eigenvalue weighted by Gasteiger charge is -2.22. The molecular formula is C11H21N5O2S. The zero-order chi connectivity index (χ0) is 14.4. The van der Waals surface area contributed by atoms with Crippen LogP contribution in [0.15, 0.2) is 11.4 Å². The number of hydrogen-bond donors (Lipinski definition) is 1. The fourth-order valence-corrected chi connectivity index (χ4v) is 4.40. The summed E-state index contributed by atoms with van der Waals surface area (Å²) < 4.78 is 28.2. The Morgan fingerprint density at radius 2 is 2.05 bits per heavy atom. The van der Waals surface area contributed by atoms with Gasteiger partial charge in [-0.3, -0.25) is 0 Å². The van der Waals surface area contributed by atoms with Gasteiger partial charge >= 0.3 is 0 Å². The molecule has 0 saturated carbocycles. The van der Waals surface area contributed by atoms with Crippen molar-refractivity contribution in [1.82, 2.24) is 18.8 Å². The van der Waals surface area contributed by atoms with Crippen LogP contribution in [0.4, 0.5) is 5.82 Å². The molecule has 19 heavy (non-hydrogen) atoms. The summed E-state index contributed by atoms with van der Waals surface area (Å²) in [6, 6.07) is 0.226. The molecule has 0 spiro atoms. The Kier molecular flexibility index (Phi) is 3.59. The Balaban J connectivity index is 2.33. The van der Waals surface area contributed by atoms with Gasteiger partial charge in [0.15, 0.2) is 10.8 Å². The van der Waals surface area contributed by atoms with Gasteiger partial charge in [-0.05, 0) is 20.0 Å². The van der Waals surface area contributed by atoms with Crippen LogP contribution in [0.3, 0.4) is 0 Å². The number of nitrogens with two attached hydrogens (primary N) is 1. The fraction of sp³-hybridized carbons (Fsp3) is 0.727. The molecule has 0 amide bonds. The van der Waals surface area contributed by atoms with E-state index in [9.17, 15) is 8.42 Å². The topological polar surface area (TPSA) is 84.5 Å². The quantitative estimate of drug-likeness (QED) is 0.815. The van der Waals surface area contributed by atoms with Crippen molar-refractivity contribution in [2.45, 2.75) is 18.0 Å². The van der Waals surface area contributed by atoms with E-state index in [1.54, 1.807) is 7.05 Å². The minimum absolute atomic E-state index is 0.0588. The molecule has 108 valence electrons. The van der Waals surface area contributed by atoms with Gasteiger partial charge in [0.2, 0.25) is 0 Å². The Morgan fingerprint density at radius 3 is 2.47 bits per heavy atom. The van der Waals surface area contributed by atoms with E-state index >= 15 is 0 Å². The van der Waals surface area contributed by atoms with Crippen molar-refractivity contribution in [2.75, 3.05) is 32.9 Å². The van der Waals surface area contributed by atoms with E-state index in [4.69, 9.17) is 5.73 Å². The van der Waals surface area contributed by atoms with Crippen LogP contribution < -0.4 is 5.73 Å². The average Bonchev–Trinajstić information content (AvgIpc) is 2.83. The Labute approximate surface area is 114 Å². The van der Waals surface area contributed by atoms with Crippen LogP contribution in [0.5, 0.6) is 0 Å². The van der Waals surface area contributed by atoms with E-state index in [0.717, 1.165) is 0 Å². The highest BCUT2D eigenvalue weighted by Crippen LogP contribution is 2.28. The number of aryl methyl sites for hydroxylation is 1. The van der Waals surface area contributed by atoms with E-state index in [1.807, 2.05) is 14.1 Å². The third kappa shape index (κ3) is 2.35. The van der Waals surface area contributed by atoms with Crippen molar-refractivity contribution in [3.8, 4) is 0 Å². The smallest absolute Gasteiger partial charge is 0.262 e. The number of anilines is 1. The molecule has 0 aliphatic carbocycles. The van der Waals surface area contributed by atoms with Crippen LogP contribution in [0, 0.1) is 5.92 Å². The molecule has 0 radical (unpaired) electrons. The highest BCUT2D eigenvalue weighted by Gasteiger charge is 2.40. The van der Waals surface area contributed by atoms with Gasteiger partial charge in [0, 0.05) is 26.2 Å². The summed E-state index contributed by atoms with van der Waals surface area (Å²) in [4.78, 5) is 5.91. The van der Waals surface area contributed by atoms with Crippen LogP contribution in [-0.2, 0) is 17.1 Å². The largest absolute Gasteiger partial charge is 0.381 e. The Hall–Kier alpha value is -1.12. The van der Waals surface area contributed by atoms with Crippen LogP contribution in [-0.4, -0.2) is 60.4 Å². The number of rotatable bonds is 3. The van der Waals surface area contributed by atoms with Gasteiger partial charge in [-0.2, -0.15) is 4.31 Å². The molecule has 8 heteroatoms. The van der Waals surface area contributed by atoms with E-state index in [0.29, 0.717) is 19.0 Å². The van der Waals surface area contributed by atoms with E-state index in [1.165, 1.54) is 15.2 Å². The number of imidazole rings is 1. The SMILES string of the molecule is CC1CN(S(=O)(=O)c2c(N)ncn2C)CC1N(C)C. The third-order valence-corrected chi connectivity index (χ3v) is 5.66. The summed E-state index contributed by atoms with van der Waals surface area (Å²) in [5, 5.41) is 0.0825. The molecule has 7 nitrogen and oxygen atoms in total. The summed E-state index contributed by atoms with van der Waals surface area (Å²) in [6.07, 6.45) is 1.42. The lowest BCUT2D eigenvalue weighted by Crippen LogP contribution is -2.36. The van der Waals surface area contributed by atoms with Crippen molar-refractivity contribution in [1.29, 1.82) is 0 Å². The fourth-order valence-electron chi connectivity index (χ4n) is 2.65. The third-order valence-electron chi connectivity index (χ3n) is 3.70. The molecular weight excluding hydrogens is 266 g/mol. The first kappa shape index (κ1) is 14.3. The minimum Gasteiger partial charge on any atom is -0.381 e. The summed E-state index contributed by atoms with van der Waals surface area (Å²) in [5.41, 5.74) is 5.68. The van der Waals surface area contributed by atoms with Crippen molar-refractivity contribution in [3.63, 3.8) is 0 Å². The predicted octanol–water partition coefficient (Wildman–Crippen LogP) is -0.427. The molecule has 0 bridgehead atoms. The highest BCUT2D eigenvalue weighted by atomic mass is 32.2. The van der Waals surface area contributed by atoms with Gasteiger partial charge in [0.1, 0.15) is 0 Å². The molecule has 2 heterocycles. The number of nitrogens with zero attached hydrogens (tertiary/aromatic N) is 4. The molecule has 2 atom stereocenters. The van der Waals surface area contributed by atoms with Crippen molar-refractivity contribution in [3.05, 3.63) is 6.33 Å². The zero-order valence-corrected chi connectivity index (χ0v) is 12.6. The van der Waals surface area contributed by atoms with Gasteiger partial charge in [0.25, 0.3) is 10.0 Å². The number of hydrogen-bond acceptors (Lipinski definition) is 5. The van der Waals surface area contributed by atoms with Crippen LogP contribution in [0.25, 0.3) is 0 Å². The molecule has 1 fully saturated rings. The molecule has 2 rings (SSSR count). The summed E-state index contributed by atoms with van der Waals surface area (Å²) in [6.45, 7) is 3.06. The molecule has 1 aromatic heterocycles. The van der Waals surface area contributed by atoms with Crippen LogP contribution in [0.1, 0.15) is 6.92 Å². The Morgan fingerprint density at radius 1 is 1.42 bits per heavy atom. The molecule has 1 saturated heterocycles. The number of sulfonamides is 1. The van der Waals surface area contributed by atoms with Gasteiger partial charge < -0.3 is 15.2 Å². The maximum Gasteiger partial charge on any atom is 0.262 e. The van der Waals surface area contributed by atoms with Crippen molar-refractivity contribution >= 4 is 15.8 Å².